The first-order valence-electron chi connectivity index (χ1n) is 6.18. The summed E-state index contributed by atoms with van der Waals surface area (Å²) >= 11 is 0. The summed E-state index contributed by atoms with van der Waals surface area (Å²) in [6.45, 7) is 9.28. The summed E-state index contributed by atoms with van der Waals surface area (Å²) in [7, 11) is 0. The van der Waals surface area contributed by atoms with Crippen molar-refractivity contribution >= 4 is 6.09 Å². The first-order chi connectivity index (χ1) is 7.83. The van der Waals surface area contributed by atoms with Gasteiger partial charge in [0.25, 0.3) is 0 Å². The summed E-state index contributed by atoms with van der Waals surface area (Å²) in [5, 5.41) is 0. The number of nitrogens with zero attached hydrogens (tertiary/aromatic N) is 1. The topological polar surface area (TPSA) is 64.8 Å². The highest BCUT2D eigenvalue weighted by atomic mass is 16.6. The predicted octanol–water partition coefficient (Wildman–Crippen LogP) is 1.36. The van der Waals surface area contributed by atoms with E-state index in [9.17, 15) is 4.79 Å². The van der Waals surface area contributed by atoms with E-state index in [1.54, 1.807) is 4.90 Å². The number of amides is 1. The minimum Gasteiger partial charge on any atom is -0.444 e. The Labute approximate surface area is 103 Å². The minimum absolute atomic E-state index is 0.00800. The molecule has 100 valence electrons. The summed E-state index contributed by atoms with van der Waals surface area (Å²) in [5.41, 5.74) is 5.49. The van der Waals surface area contributed by atoms with E-state index >= 15 is 0 Å². The summed E-state index contributed by atoms with van der Waals surface area (Å²) < 4.78 is 10.9. The summed E-state index contributed by atoms with van der Waals surface area (Å²) in [5.74, 6) is 0. The Kier molecular flexibility index (Phi) is 4.77. The van der Waals surface area contributed by atoms with Crippen LogP contribution in [0.25, 0.3) is 0 Å². The number of likely N-dealkylation sites (tertiary alicyclic amines) is 1. The molecule has 1 aliphatic rings. The van der Waals surface area contributed by atoms with E-state index in [2.05, 4.69) is 0 Å². The van der Waals surface area contributed by atoms with Gasteiger partial charge < -0.3 is 20.1 Å². The molecule has 0 radical (unpaired) electrons. The van der Waals surface area contributed by atoms with Gasteiger partial charge in [-0.3, -0.25) is 0 Å². The lowest BCUT2D eigenvalue weighted by molar-refractivity contribution is -0.0248. The van der Waals surface area contributed by atoms with Crippen LogP contribution < -0.4 is 5.73 Å². The highest BCUT2D eigenvalue weighted by Gasteiger charge is 2.31. The third-order valence-corrected chi connectivity index (χ3v) is 2.64. The lowest BCUT2D eigenvalue weighted by atomic mass is 10.0. The van der Waals surface area contributed by atoms with Gasteiger partial charge in [0.15, 0.2) is 0 Å². The molecule has 0 aromatic carbocycles. The number of piperidine rings is 1. The van der Waals surface area contributed by atoms with Gasteiger partial charge in [-0.05, 0) is 34.1 Å². The smallest absolute Gasteiger partial charge is 0.410 e. The number of ether oxygens (including phenoxy) is 2. The third-order valence-electron chi connectivity index (χ3n) is 2.64. The molecule has 17 heavy (non-hydrogen) atoms. The summed E-state index contributed by atoms with van der Waals surface area (Å²) in [6.07, 6.45) is 0.388. The Morgan fingerprint density at radius 3 is 2.65 bits per heavy atom. The molecule has 1 rings (SSSR count). The van der Waals surface area contributed by atoms with Gasteiger partial charge in [-0.1, -0.05) is 0 Å². The highest BCUT2D eigenvalue weighted by molar-refractivity contribution is 5.68. The van der Waals surface area contributed by atoms with Crippen molar-refractivity contribution < 1.29 is 14.3 Å². The fourth-order valence-corrected chi connectivity index (χ4v) is 1.82. The second-order valence-corrected chi connectivity index (χ2v) is 5.37. The van der Waals surface area contributed by atoms with E-state index in [0.29, 0.717) is 19.7 Å². The van der Waals surface area contributed by atoms with E-state index in [1.165, 1.54) is 0 Å². The van der Waals surface area contributed by atoms with Crippen LogP contribution in [0.15, 0.2) is 0 Å². The molecule has 2 N–H and O–H groups in total. The van der Waals surface area contributed by atoms with Crippen molar-refractivity contribution in [2.24, 2.45) is 5.73 Å². The number of carbonyl (C=O) groups excluding carboxylic acids is 1. The van der Waals surface area contributed by atoms with Crippen molar-refractivity contribution in [2.45, 2.75) is 51.9 Å². The molecule has 0 spiro atoms. The van der Waals surface area contributed by atoms with Gasteiger partial charge in [0.05, 0.1) is 12.6 Å². The first-order valence-corrected chi connectivity index (χ1v) is 6.18. The maximum atomic E-state index is 11.9. The van der Waals surface area contributed by atoms with Gasteiger partial charge in [0.2, 0.25) is 0 Å². The van der Waals surface area contributed by atoms with E-state index in [1.807, 2.05) is 27.7 Å². The van der Waals surface area contributed by atoms with Crippen LogP contribution >= 0.6 is 0 Å². The zero-order valence-corrected chi connectivity index (χ0v) is 11.2. The van der Waals surface area contributed by atoms with Crippen LogP contribution in [0.5, 0.6) is 0 Å². The van der Waals surface area contributed by atoms with Crippen molar-refractivity contribution in [1.29, 1.82) is 0 Å². The van der Waals surface area contributed by atoms with Gasteiger partial charge in [0, 0.05) is 19.2 Å². The Morgan fingerprint density at radius 1 is 1.47 bits per heavy atom. The van der Waals surface area contributed by atoms with Crippen LogP contribution in [0.2, 0.25) is 0 Å². The molecule has 0 saturated carbocycles. The SMILES string of the molecule is CCO[C@@H]1CN(C(=O)OC(C)(C)C)CC[C@H]1N. The average molecular weight is 244 g/mol. The molecule has 0 aliphatic carbocycles. The number of nitrogens with two attached hydrogens (primary N) is 1. The number of carbonyl (C=O) groups is 1. The van der Waals surface area contributed by atoms with Crippen LogP contribution in [-0.4, -0.2) is 48.4 Å². The molecule has 0 bridgehead atoms. The molecule has 0 aromatic rings. The van der Waals surface area contributed by atoms with Crippen LogP contribution in [-0.2, 0) is 9.47 Å². The second kappa shape index (κ2) is 5.69. The molecular weight excluding hydrogens is 220 g/mol. The van der Waals surface area contributed by atoms with Gasteiger partial charge in [-0.15, -0.1) is 0 Å². The standard InChI is InChI=1S/C12H24N2O3/c1-5-16-10-8-14(7-6-9(10)13)11(15)17-12(2,3)4/h9-10H,5-8,13H2,1-4H3/t9-,10-/m1/s1. The lowest BCUT2D eigenvalue weighted by Gasteiger charge is -2.37. The van der Waals surface area contributed by atoms with Crippen LogP contribution in [0, 0.1) is 0 Å². The maximum absolute atomic E-state index is 11.9. The zero-order chi connectivity index (χ0) is 13.1. The van der Waals surface area contributed by atoms with E-state index in [4.69, 9.17) is 15.2 Å². The van der Waals surface area contributed by atoms with Crippen LogP contribution in [0.1, 0.15) is 34.1 Å². The normalized spacial score (nSPS) is 25.8. The molecule has 1 aliphatic heterocycles. The molecule has 1 fully saturated rings. The van der Waals surface area contributed by atoms with Crippen molar-refractivity contribution in [3.05, 3.63) is 0 Å². The Morgan fingerprint density at radius 2 is 2.12 bits per heavy atom. The van der Waals surface area contributed by atoms with Crippen molar-refractivity contribution in [2.75, 3.05) is 19.7 Å². The molecule has 5 heteroatoms. The van der Waals surface area contributed by atoms with E-state index in [0.717, 1.165) is 6.42 Å². The minimum atomic E-state index is -0.461. The third kappa shape index (κ3) is 4.52. The lowest BCUT2D eigenvalue weighted by Crippen LogP contribution is -2.54. The van der Waals surface area contributed by atoms with Gasteiger partial charge >= 0.3 is 6.09 Å². The summed E-state index contributed by atoms with van der Waals surface area (Å²) in [6, 6.07) is 0.00800. The van der Waals surface area contributed by atoms with Gasteiger partial charge in [-0.25, -0.2) is 4.79 Å². The average Bonchev–Trinajstić information content (AvgIpc) is 2.19. The van der Waals surface area contributed by atoms with Crippen LogP contribution in [0.3, 0.4) is 0 Å². The molecular formula is C12H24N2O3. The van der Waals surface area contributed by atoms with Crippen molar-refractivity contribution in [3.8, 4) is 0 Å². The fraction of sp³-hybridized carbons (Fsp3) is 0.917. The van der Waals surface area contributed by atoms with E-state index in [-0.39, 0.29) is 18.2 Å². The molecule has 1 heterocycles. The number of hydrogen-bond acceptors (Lipinski definition) is 4. The number of rotatable bonds is 2. The Balaban J connectivity index is 2.52. The highest BCUT2D eigenvalue weighted by Crippen LogP contribution is 2.16. The predicted molar refractivity (Wildman–Crippen MR) is 65.8 cm³/mol. The Bertz CT molecular complexity index is 263. The van der Waals surface area contributed by atoms with Gasteiger partial charge in [-0.2, -0.15) is 0 Å². The van der Waals surface area contributed by atoms with E-state index < -0.39 is 5.60 Å². The molecule has 2 atom stereocenters. The van der Waals surface area contributed by atoms with Crippen LogP contribution in [0.4, 0.5) is 4.79 Å². The monoisotopic (exact) mass is 244 g/mol. The second-order valence-electron chi connectivity index (χ2n) is 5.37. The maximum Gasteiger partial charge on any atom is 0.410 e. The zero-order valence-electron chi connectivity index (χ0n) is 11.2. The van der Waals surface area contributed by atoms with Crippen molar-refractivity contribution in [3.63, 3.8) is 0 Å². The fourth-order valence-electron chi connectivity index (χ4n) is 1.82. The first kappa shape index (κ1) is 14.3. The molecule has 1 amide bonds. The molecule has 0 unspecified atom stereocenters. The van der Waals surface area contributed by atoms with Gasteiger partial charge in [0.1, 0.15) is 5.60 Å². The van der Waals surface area contributed by atoms with Crippen molar-refractivity contribution in [1.82, 2.24) is 4.90 Å². The molecule has 0 aromatic heterocycles. The number of hydrogen-bond donors (Lipinski definition) is 1. The largest absolute Gasteiger partial charge is 0.444 e. The molecule has 5 nitrogen and oxygen atoms in total. The molecule has 1 saturated heterocycles. The summed E-state index contributed by atoms with van der Waals surface area (Å²) in [4.78, 5) is 13.6. The Hall–Kier alpha value is -0.810. The quantitative estimate of drug-likeness (QED) is 0.796.